The molecule has 0 saturated carbocycles. The molecule has 0 bridgehead atoms. The number of hydrogen-bond donors (Lipinski definition) is 2. The number of nitrogens with one attached hydrogen (secondary N) is 1. The monoisotopic (exact) mass is 258 g/mol. The Hall–Kier alpha value is -1.88. The molecule has 1 aromatic carbocycles. The van der Waals surface area contributed by atoms with Crippen molar-refractivity contribution < 1.29 is 4.79 Å². The largest absolute Gasteiger partial charge is 0.350 e. The number of benzene rings is 1. The second-order valence-corrected chi connectivity index (χ2v) is 5.11. The van der Waals surface area contributed by atoms with E-state index in [0.29, 0.717) is 6.04 Å². The number of primary amides is 1. The van der Waals surface area contributed by atoms with Gasteiger partial charge in [0.2, 0.25) is 0 Å². The second-order valence-electron chi connectivity index (χ2n) is 5.11. The maximum atomic E-state index is 10.7. The van der Waals surface area contributed by atoms with E-state index >= 15 is 0 Å². The van der Waals surface area contributed by atoms with Gasteiger partial charge in [-0.3, -0.25) is 4.90 Å². The topological polar surface area (TPSA) is 70.7 Å². The van der Waals surface area contributed by atoms with E-state index in [0.717, 1.165) is 38.1 Å². The first kappa shape index (κ1) is 12.2. The zero-order valence-corrected chi connectivity index (χ0v) is 10.8. The number of carbonyl (C=O) groups is 1. The van der Waals surface area contributed by atoms with Crippen LogP contribution >= 0.6 is 0 Å². The van der Waals surface area contributed by atoms with Crippen LogP contribution in [-0.4, -0.2) is 29.7 Å². The molecular weight excluding hydrogens is 240 g/mol. The van der Waals surface area contributed by atoms with Crippen molar-refractivity contribution >= 4 is 11.7 Å². The summed E-state index contributed by atoms with van der Waals surface area (Å²) in [5.74, 6) is 0. The van der Waals surface area contributed by atoms with Gasteiger partial charge in [-0.2, -0.15) is 5.10 Å². The highest BCUT2D eigenvalue weighted by atomic mass is 16.2. The van der Waals surface area contributed by atoms with Crippen LogP contribution in [0.3, 0.4) is 0 Å². The lowest BCUT2D eigenvalue weighted by Crippen LogP contribution is -2.42. The third-order valence-corrected chi connectivity index (χ3v) is 3.96. The van der Waals surface area contributed by atoms with Crippen LogP contribution < -0.4 is 11.2 Å². The van der Waals surface area contributed by atoms with Crippen molar-refractivity contribution in [3.8, 4) is 0 Å². The van der Waals surface area contributed by atoms with E-state index in [4.69, 9.17) is 5.73 Å². The smallest absolute Gasteiger partial charge is 0.332 e. The number of hydrazone groups is 1. The van der Waals surface area contributed by atoms with Crippen molar-refractivity contribution in [3.63, 3.8) is 0 Å². The van der Waals surface area contributed by atoms with E-state index < -0.39 is 6.03 Å². The lowest BCUT2D eigenvalue weighted by molar-refractivity contribution is 0.180. The summed E-state index contributed by atoms with van der Waals surface area (Å²) >= 11 is 0. The molecule has 1 atom stereocenters. The van der Waals surface area contributed by atoms with Crippen molar-refractivity contribution in [2.24, 2.45) is 10.8 Å². The van der Waals surface area contributed by atoms with E-state index in [2.05, 4.69) is 39.7 Å². The Bertz CT molecular complexity index is 526. The van der Waals surface area contributed by atoms with Crippen LogP contribution in [0.5, 0.6) is 0 Å². The summed E-state index contributed by atoms with van der Waals surface area (Å²) in [5.41, 5.74) is 11.3. The van der Waals surface area contributed by atoms with Gasteiger partial charge in [0, 0.05) is 37.7 Å². The van der Waals surface area contributed by atoms with E-state index in [1.807, 2.05) is 0 Å². The molecule has 0 aliphatic carbocycles. The molecule has 1 fully saturated rings. The minimum Gasteiger partial charge on any atom is -0.350 e. The minimum atomic E-state index is -0.598. The summed E-state index contributed by atoms with van der Waals surface area (Å²) in [5, 5.41) is 4.11. The average Bonchev–Trinajstić information content (AvgIpc) is 2.44. The van der Waals surface area contributed by atoms with Gasteiger partial charge in [0.05, 0.1) is 0 Å². The van der Waals surface area contributed by atoms with Crippen LogP contribution in [0.2, 0.25) is 0 Å². The molecule has 2 heterocycles. The molecule has 19 heavy (non-hydrogen) atoms. The zero-order valence-electron chi connectivity index (χ0n) is 10.8. The molecule has 3 rings (SSSR count). The van der Waals surface area contributed by atoms with Gasteiger partial charge >= 0.3 is 6.03 Å². The molecule has 5 heteroatoms. The Balaban J connectivity index is 1.82. The van der Waals surface area contributed by atoms with Gasteiger partial charge in [0.25, 0.3) is 0 Å². The van der Waals surface area contributed by atoms with Gasteiger partial charge in [-0.1, -0.05) is 24.3 Å². The SMILES string of the molecule is NC(=O)NN=C1CCN2CCc3ccccc3C2C1. The Labute approximate surface area is 112 Å². The van der Waals surface area contributed by atoms with Gasteiger partial charge < -0.3 is 5.73 Å². The number of hydrogen-bond acceptors (Lipinski definition) is 3. The van der Waals surface area contributed by atoms with Crippen molar-refractivity contribution in [2.45, 2.75) is 25.3 Å². The predicted octanol–water partition coefficient (Wildman–Crippen LogP) is 1.40. The highest BCUT2D eigenvalue weighted by Gasteiger charge is 2.31. The normalized spacial score (nSPS) is 24.6. The van der Waals surface area contributed by atoms with Crippen LogP contribution in [0.15, 0.2) is 29.4 Å². The number of fused-ring (bicyclic) bond motifs is 3. The third-order valence-electron chi connectivity index (χ3n) is 3.96. The molecule has 100 valence electrons. The van der Waals surface area contributed by atoms with E-state index in [1.54, 1.807) is 0 Å². The highest BCUT2D eigenvalue weighted by molar-refractivity contribution is 5.87. The first-order valence-electron chi connectivity index (χ1n) is 6.67. The summed E-state index contributed by atoms with van der Waals surface area (Å²) in [6.07, 6.45) is 2.90. The number of nitrogens with two attached hydrogens (primary N) is 1. The molecule has 2 amide bonds. The lowest BCUT2D eigenvalue weighted by atomic mass is 9.86. The highest BCUT2D eigenvalue weighted by Crippen LogP contribution is 2.35. The molecular formula is C14H18N4O. The van der Waals surface area contributed by atoms with Crippen LogP contribution in [0.25, 0.3) is 0 Å². The van der Waals surface area contributed by atoms with Gasteiger partial charge in [-0.05, 0) is 17.5 Å². The Morgan fingerprint density at radius 2 is 2.11 bits per heavy atom. The predicted molar refractivity (Wildman–Crippen MR) is 73.8 cm³/mol. The summed E-state index contributed by atoms with van der Waals surface area (Å²) in [6.45, 7) is 2.11. The van der Waals surface area contributed by atoms with Gasteiger partial charge in [-0.25, -0.2) is 10.2 Å². The molecule has 0 radical (unpaired) electrons. The van der Waals surface area contributed by atoms with E-state index in [9.17, 15) is 4.79 Å². The quantitative estimate of drug-likeness (QED) is 0.747. The number of carbonyl (C=O) groups excluding carboxylic acids is 1. The van der Waals surface area contributed by atoms with Gasteiger partial charge in [0.15, 0.2) is 0 Å². The van der Waals surface area contributed by atoms with E-state index in [-0.39, 0.29) is 0 Å². The molecule has 1 aromatic rings. The molecule has 1 unspecified atom stereocenters. The van der Waals surface area contributed by atoms with E-state index in [1.165, 1.54) is 11.1 Å². The number of piperidine rings is 1. The first-order valence-corrected chi connectivity index (χ1v) is 6.67. The minimum absolute atomic E-state index is 0.395. The zero-order chi connectivity index (χ0) is 13.2. The lowest BCUT2D eigenvalue weighted by Gasteiger charge is -2.40. The number of nitrogens with zero attached hydrogens (tertiary/aromatic N) is 2. The average molecular weight is 258 g/mol. The van der Waals surface area contributed by atoms with Crippen molar-refractivity contribution in [3.05, 3.63) is 35.4 Å². The molecule has 5 nitrogen and oxygen atoms in total. The van der Waals surface area contributed by atoms with Gasteiger partial charge in [0.1, 0.15) is 0 Å². The number of urea groups is 1. The Morgan fingerprint density at radius 3 is 2.95 bits per heavy atom. The fraction of sp³-hybridized carbons (Fsp3) is 0.429. The molecule has 0 spiro atoms. The van der Waals surface area contributed by atoms with Crippen LogP contribution in [-0.2, 0) is 6.42 Å². The molecule has 2 aliphatic heterocycles. The van der Waals surface area contributed by atoms with Crippen molar-refractivity contribution in [1.29, 1.82) is 0 Å². The number of rotatable bonds is 1. The van der Waals surface area contributed by atoms with Crippen LogP contribution in [0.4, 0.5) is 4.79 Å². The van der Waals surface area contributed by atoms with Crippen molar-refractivity contribution in [2.75, 3.05) is 13.1 Å². The molecule has 1 saturated heterocycles. The van der Waals surface area contributed by atoms with Crippen LogP contribution in [0.1, 0.15) is 30.0 Å². The second kappa shape index (κ2) is 5.01. The fourth-order valence-electron chi connectivity index (χ4n) is 3.04. The maximum absolute atomic E-state index is 10.7. The molecule has 0 aromatic heterocycles. The standard InChI is InChI=1S/C14H18N4O/c15-14(19)17-16-11-6-8-18-7-5-10-3-1-2-4-12(10)13(18)9-11/h1-4,13H,5-9H2,(H3,15,17,19). The van der Waals surface area contributed by atoms with Crippen molar-refractivity contribution in [1.82, 2.24) is 10.3 Å². The summed E-state index contributed by atoms with van der Waals surface area (Å²) in [4.78, 5) is 13.2. The first-order chi connectivity index (χ1) is 9.24. The van der Waals surface area contributed by atoms with Gasteiger partial charge in [-0.15, -0.1) is 0 Å². The Kier molecular flexibility index (Phi) is 3.21. The third kappa shape index (κ3) is 2.46. The number of amides is 2. The molecule has 3 N–H and O–H groups in total. The summed E-state index contributed by atoms with van der Waals surface area (Å²) in [6, 6.07) is 8.40. The van der Waals surface area contributed by atoms with Crippen LogP contribution in [0, 0.1) is 0 Å². The molecule has 2 aliphatic rings. The fourth-order valence-corrected chi connectivity index (χ4v) is 3.04. The Morgan fingerprint density at radius 1 is 1.32 bits per heavy atom. The summed E-state index contributed by atoms with van der Waals surface area (Å²) < 4.78 is 0. The summed E-state index contributed by atoms with van der Waals surface area (Å²) in [7, 11) is 0. The maximum Gasteiger partial charge on any atom is 0.332 e.